The lowest BCUT2D eigenvalue weighted by Crippen LogP contribution is -2.48. The van der Waals surface area contributed by atoms with Crippen molar-refractivity contribution >= 4 is 33.7 Å². The van der Waals surface area contributed by atoms with Crippen LogP contribution in [-0.4, -0.2) is 30.8 Å². The Labute approximate surface area is 181 Å². The Morgan fingerprint density at radius 2 is 2.14 bits per heavy atom. The van der Waals surface area contributed by atoms with E-state index in [0.29, 0.717) is 11.7 Å². The molecule has 2 aromatic rings. The molecule has 6 heteroatoms. The maximum absolute atomic E-state index is 12.0. The van der Waals surface area contributed by atoms with Gasteiger partial charge >= 0.3 is 0 Å². The van der Waals surface area contributed by atoms with Crippen LogP contribution in [0.4, 0.5) is 5.69 Å². The highest BCUT2D eigenvalue weighted by Gasteiger charge is 2.35. The molecule has 3 rings (SSSR count). The summed E-state index contributed by atoms with van der Waals surface area (Å²) < 4.78 is 6.36. The van der Waals surface area contributed by atoms with E-state index in [0.717, 1.165) is 23.0 Å². The first-order chi connectivity index (χ1) is 13.8. The number of hydrogen-bond donors (Lipinski definition) is 1. The van der Waals surface area contributed by atoms with E-state index < -0.39 is 0 Å². The first-order valence-corrected chi connectivity index (χ1v) is 10.7. The summed E-state index contributed by atoms with van der Waals surface area (Å²) in [6, 6.07) is 13.7. The summed E-state index contributed by atoms with van der Waals surface area (Å²) >= 11 is 3.37. The minimum absolute atomic E-state index is 0.0877. The van der Waals surface area contributed by atoms with E-state index in [4.69, 9.17) is 4.74 Å². The number of ether oxygens (including phenoxy) is 1. The van der Waals surface area contributed by atoms with E-state index in [2.05, 4.69) is 71.2 Å². The fourth-order valence-corrected chi connectivity index (χ4v) is 4.48. The fourth-order valence-electron chi connectivity index (χ4n) is 4.10. The summed E-state index contributed by atoms with van der Waals surface area (Å²) in [5.41, 5.74) is 6.27. The molecule has 0 aromatic heterocycles. The molecule has 1 unspecified atom stereocenters. The third-order valence-electron chi connectivity index (χ3n) is 5.29. The number of hydrogen-bond acceptors (Lipinski definition) is 4. The number of rotatable bonds is 6. The molecular weight excluding hydrogens is 430 g/mol. The normalized spacial score (nSPS) is 17.8. The quantitative estimate of drug-likeness (QED) is 0.485. The molecule has 0 saturated carbocycles. The molecular formula is C23H28BrN3O2. The Hall–Kier alpha value is -2.34. The highest BCUT2D eigenvalue weighted by molar-refractivity contribution is 9.10. The van der Waals surface area contributed by atoms with Crippen LogP contribution >= 0.6 is 15.9 Å². The van der Waals surface area contributed by atoms with E-state index in [-0.39, 0.29) is 18.1 Å². The summed E-state index contributed by atoms with van der Waals surface area (Å²) in [6.07, 6.45) is 2.79. The molecule has 1 aliphatic rings. The number of halogens is 1. The Morgan fingerprint density at radius 1 is 1.34 bits per heavy atom. The monoisotopic (exact) mass is 457 g/mol. The SMILES string of the molecule is CCN1c2ccc(/C=N/NC(=O)COc3cccc(Br)c3)cc2C(C)CC1(C)C. The van der Waals surface area contributed by atoms with Gasteiger partial charge in [-0.1, -0.05) is 35.0 Å². The predicted molar refractivity (Wildman–Crippen MR) is 122 cm³/mol. The number of anilines is 1. The molecule has 5 nitrogen and oxygen atoms in total. The highest BCUT2D eigenvalue weighted by atomic mass is 79.9. The predicted octanol–water partition coefficient (Wildman–Crippen LogP) is 5.09. The molecule has 0 radical (unpaired) electrons. The molecule has 29 heavy (non-hydrogen) atoms. The van der Waals surface area contributed by atoms with Crippen molar-refractivity contribution in [2.24, 2.45) is 5.10 Å². The van der Waals surface area contributed by atoms with Crippen LogP contribution in [0.5, 0.6) is 5.75 Å². The van der Waals surface area contributed by atoms with E-state index >= 15 is 0 Å². The standard InChI is InChI=1S/C23H28BrN3O2/c1-5-27-21-10-9-17(11-20(21)16(2)13-23(27,3)4)14-25-26-22(28)15-29-19-8-6-7-18(24)12-19/h6-12,14,16H,5,13,15H2,1-4H3,(H,26,28)/b25-14+. The minimum Gasteiger partial charge on any atom is -0.484 e. The molecule has 1 amide bonds. The van der Waals surface area contributed by atoms with Crippen molar-refractivity contribution in [3.8, 4) is 5.75 Å². The van der Waals surface area contributed by atoms with Gasteiger partial charge < -0.3 is 9.64 Å². The molecule has 1 N–H and O–H groups in total. The number of amides is 1. The minimum atomic E-state index is -0.300. The van der Waals surface area contributed by atoms with Crippen LogP contribution in [0.25, 0.3) is 0 Å². The maximum atomic E-state index is 12.0. The van der Waals surface area contributed by atoms with Crippen LogP contribution in [0.2, 0.25) is 0 Å². The lowest BCUT2D eigenvalue weighted by atomic mass is 9.79. The van der Waals surface area contributed by atoms with Crippen molar-refractivity contribution in [3.63, 3.8) is 0 Å². The fraction of sp³-hybridized carbons (Fsp3) is 0.391. The van der Waals surface area contributed by atoms with Crippen molar-refractivity contribution in [1.29, 1.82) is 0 Å². The van der Waals surface area contributed by atoms with Crippen molar-refractivity contribution in [2.75, 3.05) is 18.1 Å². The highest BCUT2D eigenvalue weighted by Crippen LogP contribution is 2.43. The van der Waals surface area contributed by atoms with Crippen LogP contribution in [-0.2, 0) is 4.79 Å². The molecule has 154 valence electrons. The van der Waals surface area contributed by atoms with Gasteiger partial charge in [0.05, 0.1) is 6.21 Å². The Balaban J connectivity index is 1.61. The number of fused-ring (bicyclic) bond motifs is 1. The van der Waals surface area contributed by atoms with Gasteiger partial charge in [-0.25, -0.2) is 5.43 Å². The summed E-state index contributed by atoms with van der Waals surface area (Å²) in [5.74, 6) is 0.807. The van der Waals surface area contributed by atoms with Gasteiger partial charge in [0.25, 0.3) is 5.91 Å². The van der Waals surface area contributed by atoms with E-state index in [9.17, 15) is 4.79 Å². The van der Waals surface area contributed by atoms with E-state index in [1.165, 1.54) is 11.3 Å². The van der Waals surface area contributed by atoms with Gasteiger partial charge in [0.15, 0.2) is 6.61 Å². The van der Waals surface area contributed by atoms with Gasteiger partial charge in [-0.15, -0.1) is 0 Å². The Morgan fingerprint density at radius 3 is 2.86 bits per heavy atom. The van der Waals surface area contributed by atoms with Crippen molar-refractivity contribution < 1.29 is 9.53 Å². The molecule has 1 heterocycles. The molecule has 0 fully saturated rings. The van der Waals surface area contributed by atoms with Crippen LogP contribution in [0.1, 0.15) is 51.2 Å². The number of nitrogens with zero attached hydrogens (tertiary/aromatic N) is 2. The number of benzene rings is 2. The van der Waals surface area contributed by atoms with E-state index in [1.54, 1.807) is 12.3 Å². The lowest BCUT2D eigenvalue weighted by molar-refractivity contribution is -0.123. The molecule has 0 spiro atoms. The summed E-state index contributed by atoms with van der Waals surface area (Å²) in [6.45, 7) is 9.97. The lowest BCUT2D eigenvalue weighted by Gasteiger charge is -2.47. The van der Waals surface area contributed by atoms with Crippen molar-refractivity contribution in [3.05, 3.63) is 58.1 Å². The van der Waals surface area contributed by atoms with Crippen molar-refractivity contribution in [2.45, 2.75) is 45.6 Å². The summed E-state index contributed by atoms with van der Waals surface area (Å²) in [4.78, 5) is 14.4. The number of carbonyl (C=O) groups excluding carboxylic acids is 1. The van der Waals surface area contributed by atoms with E-state index in [1.807, 2.05) is 24.3 Å². The number of carbonyl (C=O) groups is 1. The smallest absolute Gasteiger partial charge is 0.277 e. The summed E-state index contributed by atoms with van der Waals surface area (Å²) in [5, 5.41) is 4.09. The van der Waals surface area contributed by atoms with Gasteiger partial charge in [-0.3, -0.25) is 4.79 Å². The molecule has 1 atom stereocenters. The summed E-state index contributed by atoms with van der Waals surface area (Å²) in [7, 11) is 0. The van der Waals surface area contributed by atoms with Gasteiger partial charge in [0.1, 0.15) is 5.75 Å². The van der Waals surface area contributed by atoms with Crippen LogP contribution < -0.4 is 15.1 Å². The average molecular weight is 458 g/mol. The second-order valence-electron chi connectivity index (χ2n) is 8.02. The topological polar surface area (TPSA) is 53.9 Å². The zero-order chi connectivity index (χ0) is 21.0. The third-order valence-corrected chi connectivity index (χ3v) is 5.79. The molecule has 0 aliphatic carbocycles. The largest absolute Gasteiger partial charge is 0.484 e. The molecule has 2 aromatic carbocycles. The first-order valence-electron chi connectivity index (χ1n) is 9.92. The number of nitrogens with one attached hydrogen (secondary N) is 1. The Kier molecular flexibility index (Phi) is 6.63. The first kappa shape index (κ1) is 21.4. The van der Waals surface area contributed by atoms with Gasteiger partial charge in [-0.05, 0) is 74.6 Å². The van der Waals surface area contributed by atoms with Crippen LogP contribution in [0, 0.1) is 0 Å². The maximum Gasteiger partial charge on any atom is 0.277 e. The van der Waals surface area contributed by atoms with Gasteiger partial charge in [0, 0.05) is 22.2 Å². The second kappa shape index (κ2) is 8.99. The zero-order valence-corrected chi connectivity index (χ0v) is 19.0. The Bertz CT molecular complexity index is 911. The molecule has 0 saturated heterocycles. The molecule has 0 bridgehead atoms. The third kappa shape index (κ3) is 5.18. The van der Waals surface area contributed by atoms with Gasteiger partial charge in [-0.2, -0.15) is 5.10 Å². The van der Waals surface area contributed by atoms with Gasteiger partial charge in [0.2, 0.25) is 0 Å². The van der Waals surface area contributed by atoms with Crippen LogP contribution in [0.3, 0.4) is 0 Å². The second-order valence-corrected chi connectivity index (χ2v) is 8.94. The average Bonchev–Trinajstić information content (AvgIpc) is 2.66. The molecule has 1 aliphatic heterocycles. The van der Waals surface area contributed by atoms with Crippen molar-refractivity contribution in [1.82, 2.24) is 5.43 Å². The zero-order valence-electron chi connectivity index (χ0n) is 17.4. The number of hydrazone groups is 1. The van der Waals surface area contributed by atoms with Crippen LogP contribution in [0.15, 0.2) is 52.0 Å².